The summed E-state index contributed by atoms with van der Waals surface area (Å²) in [4.78, 5) is 29.7. The van der Waals surface area contributed by atoms with E-state index in [2.05, 4.69) is 4.98 Å². The second-order valence-corrected chi connectivity index (χ2v) is 5.72. The van der Waals surface area contributed by atoms with Gasteiger partial charge in [0.2, 0.25) is 0 Å². The number of furan rings is 1. The van der Waals surface area contributed by atoms with Crippen LogP contribution in [0.5, 0.6) is 0 Å². The zero-order valence-corrected chi connectivity index (χ0v) is 12.6. The molecule has 0 saturated heterocycles. The predicted molar refractivity (Wildman–Crippen MR) is 78.4 cm³/mol. The highest BCUT2D eigenvalue weighted by atomic mass is 32.1. The lowest BCUT2D eigenvalue weighted by molar-refractivity contribution is -0.137. The van der Waals surface area contributed by atoms with Gasteiger partial charge in [0, 0.05) is 11.4 Å². The van der Waals surface area contributed by atoms with Gasteiger partial charge >= 0.3 is 5.97 Å². The summed E-state index contributed by atoms with van der Waals surface area (Å²) in [5, 5.41) is 9.52. The van der Waals surface area contributed by atoms with E-state index in [4.69, 9.17) is 9.52 Å². The van der Waals surface area contributed by atoms with Crippen LogP contribution in [0.2, 0.25) is 0 Å². The Labute approximate surface area is 126 Å². The number of hydrogen-bond acceptors (Lipinski definition) is 5. The summed E-state index contributed by atoms with van der Waals surface area (Å²) < 4.78 is 5.27. The highest BCUT2D eigenvalue weighted by Crippen LogP contribution is 2.28. The topological polar surface area (TPSA) is 83.6 Å². The SMILES string of the molecule is CCCN(CC(=O)O)C(=O)c1nc(-c2ccco2)sc1C. The lowest BCUT2D eigenvalue weighted by Crippen LogP contribution is -2.36. The molecular formula is C14H16N2O4S. The van der Waals surface area contributed by atoms with Crippen LogP contribution in [0.3, 0.4) is 0 Å². The number of aromatic nitrogens is 1. The van der Waals surface area contributed by atoms with Crippen molar-refractivity contribution in [3.63, 3.8) is 0 Å². The number of carbonyl (C=O) groups is 2. The molecule has 112 valence electrons. The molecule has 2 aromatic rings. The Morgan fingerprint density at radius 2 is 2.24 bits per heavy atom. The Bertz CT molecular complexity index is 633. The Morgan fingerprint density at radius 3 is 2.81 bits per heavy atom. The molecule has 21 heavy (non-hydrogen) atoms. The van der Waals surface area contributed by atoms with Crippen LogP contribution in [-0.2, 0) is 4.79 Å². The van der Waals surface area contributed by atoms with E-state index >= 15 is 0 Å². The molecule has 1 N–H and O–H groups in total. The number of nitrogens with zero attached hydrogens (tertiary/aromatic N) is 2. The minimum absolute atomic E-state index is 0.293. The van der Waals surface area contributed by atoms with E-state index in [9.17, 15) is 9.59 Å². The number of amides is 1. The standard InChI is InChI=1S/C14H16N2O4S/c1-3-6-16(8-11(17)18)14(19)12-9(2)21-13(15-12)10-5-4-7-20-10/h4-5,7H,3,6,8H2,1-2H3,(H,17,18). The maximum absolute atomic E-state index is 12.5. The van der Waals surface area contributed by atoms with Crippen molar-refractivity contribution in [1.82, 2.24) is 9.88 Å². The number of hydrogen-bond donors (Lipinski definition) is 1. The Morgan fingerprint density at radius 1 is 1.48 bits per heavy atom. The van der Waals surface area contributed by atoms with Crippen molar-refractivity contribution < 1.29 is 19.1 Å². The van der Waals surface area contributed by atoms with Gasteiger partial charge in [0.1, 0.15) is 12.2 Å². The van der Waals surface area contributed by atoms with Gasteiger partial charge in [0.05, 0.1) is 6.26 Å². The zero-order chi connectivity index (χ0) is 15.4. The monoisotopic (exact) mass is 308 g/mol. The van der Waals surface area contributed by atoms with Gasteiger partial charge in [-0.3, -0.25) is 9.59 Å². The molecule has 0 fully saturated rings. The number of carbonyl (C=O) groups excluding carboxylic acids is 1. The predicted octanol–water partition coefficient (Wildman–Crippen LogP) is 2.65. The molecule has 2 heterocycles. The molecule has 0 aliphatic carbocycles. The molecule has 0 bridgehead atoms. The molecule has 2 rings (SSSR count). The fraction of sp³-hybridized carbons (Fsp3) is 0.357. The summed E-state index contributed by atoms with van der Waals surface area (Å²) in [6.07, 6.45) is 2.23. The second kappa shape index (κ2) is 6.53. The largest absolute Gasteiger partial charge is 0.480 e. The third kappa shape index (κ3) is 3.49. The molecule has 0 aliphatic heterocycles. The summed E-state index contributed by atoms with van der Waals surface area (Å²) in [6.45, 7) is 3.75. The lowest BCUT2D eigenvalue weighted by atomic mass is 10.3. The first-order chi connectivity index (χ1) is 10.0. The Hall–Kier alpha value is -2.15. The molecule has 6 nitrogen and oxygen atoms in total. The molecule has 1 amide bonds. The summed E-state index contributed by atoms with van der Waals surface area (Å²) >= 11 is 1.36. The number of aryl methyl sites for hydroxylation is 1. The van der Waals surface area contributed by atoms with Crippen LogP contribution in [0, 0.1) is 6.92 Å². The number of aliphatic carboxylic acids is 1. The third-order valence-corrected chi connectivity index (χ3v) is 3.82. The van der Waals surface area contributed by atoms with E-state index < -0.39 is 5.97 Å². The second-order valence-electron chi connectivity index (χ2n) is 4.52. The third-order valence-electron chi connectivity index (χ3n) is 2.84. The summed E-state index contributed by atoms with van der Waals surface area (Å²) in [5.41, 5.74) is 0.293. The van der Waals surface area contributed by atoms with Crippen molar-refractivity contribution in [2.45, 2.75) is 20.3 Å². The van der Waals surface area contributed by atoms with Gasteiger partial charge in [-0.1, -0.05) is 6.92 Å². The molecule has 7 heteroatoms. The first-order valence-corrected chi connectivity index (χ1v) is 7.37. The highest BCUT2D eigenvalue weighted by molar-refractivity contribution is 7.15. The molecule has 2 aromatic heterocycles. The normalized spacial score (nSPS) is 10.6. The Balaban J connectivity index is 2.27. The minimum Gasteiger partial charge on any atom is -0.480 e. The van der Waals surface area contributed by atoms with Crippen molar-refractivity contribution in [3.05, 3.63) is 29.0 Å². The summed E-state index contributed by atoms with van der Waals surface area (Å²) in [6, 6.07) is 3.52. The molecule has 0 spiro atoms. The van der Waals surface area contributed by atoms with Crippen molar-refractivity contribution in [2.24, 2.45) is 0 Å². The van der Waals surface area contributed by atoms with Gasteiger partial charge in [-0.05, 0) is 25.5 Å². The van der Waals surface area contributed by atoms with Crippen molar-refractivity contribution >= 4 is 23.2 Å². The van der Waals surface area contributed by atoms with Gasteiger partial charge < -0.3 is 14.4 Å². The smallest absolute Gasteiger partial charge is 0.323 e. The molecule has 0 radical (unpaired) electrons. The van der Waals surface area contributed by atoms with Crippen LogP contribution in [0.1, 0.15) is 28.7 Å². The van der Waals surface area contributed by atoms with Gasteiger partial charge in [-0.15, -0.1) is 11.3 Å². The first-order valence-electron chi connectivity index (χ1n) is 6.55. The van der Waals surface area contributed by atoms with Gasteiger partial charge in [-0.2, -0.15) is 0 Å². The highest BCUT2D eigenvalue weighted by Gasteiger charge is 2.23. The molecule has 0 aromatic carbocycles. The molecule has 0 atom stereocenters. The van der Waals surface area contributed by atoms with E-state index in [-0.39, 0.29) is 12.5 Å². The van der Waals surface area contributed by atoms with Crippen LogP contribution < -0.4 is 0 Å². The van der Waals surface area contributed by atoms with E-state index in [0.717, 1.165) is 4.88 Å². The summed E-state index contributed by atoms with van der Waals surface area (Å²) in [7, 11) is 0. The minimum atomic E-state index is -1.03. The van der Waals surface area contributed by atoms with Gasteiger partial charge in [-0.25, -0.2) is 4.98 Å². The molecular weight excluding hydrogens is 292 g/mol. The van der Waals surface area contributed by atoms with E-state index in [1.54, 1.807) is 25.3 Å². The van der Waals surface area contributed by atoms with Gasteiger partial charge in [0.15, 0.2) is 10.8 Å². The van der Waals surface area contributed by atoms with Crippen molar-refractivity contribution in [3.8, 4) is 10.8 Å². The van der Waals surface area contributed by atoms with Gasteiger partial charge in [0.25, 0.3) is 5.91 Å². The number of carboxylic acids is 1. The average Bonchev–Trinajstić information content (AvgIpc) is 3.05. The van der Waals surface area contributed by atoms with E-state index in [1.165, 1.54) is 16.2 Å². The lowest BCUT2D eigenvalue weighted by Gasteiger charge is -2.19. The maximum atomic E-state index is 12.5. The fourth-order valence-corrected chi connectivity index (χ4v) is 2.81. The zero-order valence-electron chi connectivity index (χ0n) is 11.8. The van der Waals surface area contributed by atoms with Crippen LogP contribution in [0.4, 0.5) is 0 Å². The van der Waals surface area contributed by atoms with Crippen LogP contribution in [0.15, 0.2) is 22.8 Å². The van der Waals surface area contributed by atoms with Crippen LogP contribution >= 0.6 is 11.3 Å². The molecule has 0 aliphatic rings. The maximum Gasteiger partial charge on any atom is 0.323 e. The number of carboxylic acid groups (broad SMARTS) is 1. The fourth-order valence-electron chi connectivity index (χ4n) is 1.94. The molecule has 0 unspecified atom stereocenters. The summed E-state index contributed by atoms with van der Waals surface area (Å²) in [5.74, 6) is -0.788. The number of rotatable bonds is 6. The van der Waals surface area contributed by atoms with E-state index in [1.807, 2.05) is 6.92 Å². The van der Waals surface area contributed by atoms with Crippen molar-refractivity contribution in [2.75, 3.05) is 13.1 Å². The Kier molecular flexibility index (Phi) is 4.74. The van der Waals surface area contributed by atoms with E-state index in [0.29, 0.717) is 29.4 Å². The van der Waals surface area contributed by atoms with Crippen molar-refractivity contribution in [1.29, 1.82) is 0 Å². The quantitative estimate of drug-likeness (QED) is 0.887. The molecule has 0 saturated carbocycles. The van der Waals surface area contributed by atoms with Crippen LogP contribution in [-0.4, -0.2) is 40.0 Å². The number of thiazole rings is 1. The average molecular weight is 308 g/mol. The first kappa shape index (κ1) is 15.2. The van der Waals surface area contributed by atoms with Crippen LogP contribution in [0.25, 0.3) is 10.8 Å².